The van der Waals surface area contributed by atoms with E-state index in [2.05, 4.69) is 36.1 Å². The minimum atomic E-state index is 0.275. The first-order valence-electron chi connectivity index (χ1n) is 5.77. The van der Waals surface area contributed by atoms with E-state index in [1.807, 2.05) is 0 Å². The minimum absolute atomic E-state index is 0.275. The van der Waals surface area contributed by atoms with Gasteiger partial charge in [-0.1, -0.05) is 5.16 Å². The van der Waals surface area contributed by atoms with Crippen LogP contribution in [0.4, 0.5) is 0 Å². The fourth-order valence-corrected chi connectivity index (χ4v) is 2.01. The van der Waals surface area contributed by atoms with Crippen LogP contribution in [0.5, 0.6) is 0 Å². The molecule has 1 saturated carbocycles. The number of likely N-dealkylation sites (N-methyl/N-ethyl adjacent to an activating group) is 2. The van der Waals surface area contributed by atoms with Gasteiger partial charge in [0.25, 0.3) is 0 Å². The summed E-state index contributed by atoms with van der Waals surface area (Å²) in [6.07, 6.45) is 3.10. The van der Waals surface area contributed by atoms with Crippen LogP contribution < -0.4 is 5.73 Å². The molecule has 0 spiro atoms. The third-order valence-electron chi connectivity index (χ3n) is 3.18. The van der Waals surface area contributed by atoms with E-state index < -0.39 is 0 Å². The predicted octanol–water partition coefficient (Wildman–Crippen LogP) is 0.397. The molecule has 0 heterocycles. The van der Waals surface area contributed by atoms with Crippen molar-refractivity contribution in [3.8, 4) is 0 Å². The Labute approximate surface area is 97.9 Å². The van der Waals surface area contributed by atoms with E-state index in [0.717, 1.165) is 26.1 Å². The Hall–Kier alpha value is -0.810. The summed E-state index contributed by atoms with van der Waals surface area (Å²) in [5.74, 6) is 0.360. The maximum absolute atomic E-state index is 8.58. The number of amidine groups is 1. The van der Waals surface area contributed by atoms with Gasteiger partial charge >= 0.3 is 0 Å². The first kappa shape index (κ1) is 13.3. The molecule has 16 heavy (non-hydrogen) atoms. The quantitative estimate of drug-likeness (QED) is 0.286. The monoisotopic (exact) mass is 228 g/mol. The van der Waals surface area contributed by atoms with Gasteiger partial charge in [-0.15, -0.1) is 0 Å². The lowest BCUT2D eigenvalue weighted by atomic mass is 10.0. The number of nitrogens with two attached hydrogens (primary N) is 1. The normalized spacial score (nSPS) is 19.4. The molecular formula is C11H24N4O. The highest BCUT2D eigenvalue weighted by Crippen LogP contribution is 2.49. The smallest absolute Gasteiger partial charge is 0.139 e. The van der Waals surface area contributed by atoms with Crippen LogP contribution in [0.25, 0.3) is 0 Å². The molecule has 1 rings (SSSR count). The maximum atomic E-state index is 8.58. The van der Waals surface area contributed by atoms with Crippen molar-refractivity contribution in [1.82, 2.24) is 9.80 Å². The predicted molar refractivity (Wildman–Crippen MR) is 65.7 cm³/mol. The zero-order chi connectivity index (χ0) is 12.2. The Morgan fingerprint density at radius 3 is 2.38 bits per heavy atom. The molecule has 3 N–H and O–H groups in total. The average Bonchev–Trinajstić information content (AvgIpc) is 2.94. The number of hydrogen-bond donors (Lipinski definition) is 2. The molecule has 1 aliphatic carbocycles. The molecule has 1 aliphatic rings. The van der Waals surface area contributed by atoms with Crippen LogP contribution in [-0.4, -0.2) is 61.6 Å². The minimum Gasteiger partial charge on any atom is -0.409 e. The van der Waals surface area contributed by atoms with Gasteiger partial charge < -0.3 is 20.7 Å². The van der Waals surface area contributed by atoms with Crippen molar-refractivity contribution in [3.05, 3.63) is 0 Å². The number of oxime groups is 1. The second-order valence-corrected chi connectivity index (χ2v) is 5.31. The summed E-state index contributed by atoms with van der Waals surface area (Å²) in [5, 5.41) is 11.6. The lowest BCUT2D eigenvalue weighted by molar-refractivity contribution is 0.237. The van der Waals surface area contributed by atoms with Crippen molar-refractivity contribution in [3.63, 3.8) is 0 Å². The standard InChI is InChI=1S/C11H24N4O/c1-14(2)6-7-15(3)9-11(4-5-11)8-10(12)13-16/h16H,4-9H2,1-3H3,(H2,12,13). The molecule has 0 aromatic heterocycles. The van der Waals surface area contributed by atoms with E-state index in [1.165, 1.54) is 12.8 Å². The maximum Gasteiger partial charge on any atom is 0.139 e. The summed E-state index contributed by atoms with van der Waals surface area (Å²) in [7, 11) is 6.30. The number of hydrogen-bond acceptors (Lipinski definition) is 4. The molecule has 0 aromatic rings. The third kappa shape index (κ3) is 4.37. The highest BCUT2D eigenvalue weighted by Gasteiger charge is 2.43. The molecule has 94 valence electrons. The Morgan fingerprint density at radius 2 is 1.94 bits per heavy atom. The molecule has 0 saturated heterocycles. The Balaban J connectivity index is 2.30. The lowest BCUT2D eigenvalue weighted by Crippen LogP contribution is -2.34. The molecule has 0 atom stereocenters. The Bertz CT molecular complexity index is 248. The summed E-state index contributed by atoms with van der Waals surface area (Å²) in [6.45, 7) is 3.16. The van der Waals surface area contributed by atoms with Crippen molar-refractivity contribution in [2.24, 2.45) is 16.3 Å². The summed E-state index contributed by atoms with van der Waals surface area (Å²) in [5.41, 5.74) is 5.85. The molecule has 0 amide bonds. The highest BCUT2D eigenvalue weighted by atomic mass is 16.4. The van der Waals surface area contributed by atoms with Gasteiger partial charge in [-0.3, -0.25) is 0 Å². The van der Waals surface area contributed by atoms with E-state index >= 15 is 0 Å². The zero-order valence-corrected chi connectivity index (χ0v) is 10.6. The fourth-order valence-electron chi connectivity index (χ4n) is 2.01. The second-order valence-electron chi connectivity index (χ2n) is 5.31. The summed E-state index contributed by atoms with van der Waals surface area (Å²) in [6, 6.07) is 0. The molecule has 1 fully saturated rings. The molecule has 0 aliphatic heterocycles. The molecule has 0 radical (unpaired) electrons. The first-order chi connectivity index (χ1) is 7.47. The van der Waals surface area contributed by atoms with Crippen LogP contribution >= 0.6 is 0 Å². The summed E-state index contributed by atoms with van der Waals surface area (Å²) < 4.78 is 0. The van der Waals surface area contributed by atoms with E-state index in [9.17, 15) is 0 Å². The van der Waals surface area contributed by atoms with Crippen LogP contribution in [0.3, 0.4) is 0 Å². The third-order valence-corrected chi connectivity index (χ3v) is 3.18. The van der Waals surface area contributed by atoms with Crippen LogP contribution in [0.1, 0.15) is 19.3 Å². The van der Waals surface area contributed by atoms with Gasteiger partial charge in [0.1, 0.15) is 5.84 Å². The molecule has 5 nitrogen and oxygen atoms in total. The van der Waals surface area contributed by atoms with Crippen LogP contribution in [0, 0.1) is 5.41 Å². The van der Waals surface area contributed by atoms with Crippen molar-refractivity contribution >= 4 is 5.84 Å². The average molecular weight is 228 g/mol. The largest absolute Gasteiger partial charge is 0.409 e. The van der Waals surface area contributed by atoms with E-state index in [-0.39, 0.29) is 5.41 Å². The van der Waals surface area contributed by atoms with E-state index in [0.29, 0.717) is 5.84 Å². The molecular weight excluding hydrogens is 204 g/mol. The van der Waals surface area contributed by atoms with Crippen LogP contribution in [0.15, 0.2) is 5.16 Å². The van der Waals surface area contributed by atoms with Gasteiger partial charge in [0, 0.05) is 26.1 Å². The van der Waals surface area contributed by atoms with Gasteiger partial charge in [-0.05, 0) is 39.4 Å². The molecule has 0 bridgehead atoms. The lowest BCUT2D eigenvalue weighted by Gasteiger charge is -2.24. The topological polar surface area (TPSA) is 65.1 Å². The number of nitrogens with zero attached hydrogens (tertiary/aromatic N) is 3. The van der Waals surface area contributed by atoms with Gasteiger partial charge in [0.2, 0.25) is 0 Å². The van der Waals surface area contributed by atoms with Gasteiger partial charge in [-0.2, -0.15) is 0 Å². The van der Waals surface area contributed by atoms with Gasteiger partial charge in [-0.25, -0.2) is 0 Å². The van der Waals surface area contributed by atoms with E-state index in [1.54, 1.807) is 0 Å². The van der Waals surface area contributed by atoms with Gasteiger partial charge in [0.05, 0.1) is 0 Å². The zero-order valence-electron chi connectivity index (χ0n) is 10.6. The van der Waals surface area contributed by atoms with Gasteiger partial charge in [0.15, 0.2) is 0 Å². The van der Waals surface area contributed by atoms with Crippen LogP contribution in [0.2, 0.25) is 0 Å². The van der Waals surface area contributed by atoms with Crippen molar-refractivity contribution in [1.29, 1.82) is 0 Å². The Kier molecular flexibility index (Phi) is 4.56. The molecule has 5 heteroatoms. The first-order valence-corrected chi connectivity index (χ1v) is 5.77. The highest BCUT2D eigenvalue weighted by molar-refractivity contribution is 5.80. The SMILES string of the molecule is CN(C)CCN(C)CC1(CC(N)=NO)CC1. The van der Waals surface area contributed by atoms with Crippen molar-refractivity contribution in [2.45, 2.75) is 19.3 Å². The fraction of sp³-hybridized carbons (Fsp3) is 0.909. The molecule has 0 aromatic carbocycles. The van der Waals surface area contributed by atoms with Crippen LogP contribution in [-0.2, 0) is 0 Å². The molecule has 0 unspecified atom stereocenters. The summed E-state index contributed by atoms with van der Waals surface area (Å²) >= 11 is 0. The Morgan fingerprint density at radius 1 is 1.31 bits per heavy atom. The van der Waals surface area contributed by atoms with Crippen molar-refractivity contribution < 1.29 is 5.21 Å². The second kappa shape index (κ2) is 5.50. The van der Waals surface area contributed by atoms with E-state index in [4.69, 9.17) is 10.9 Å². The summed E-state index contributed by atoms with van der Waals surface area (Å²) in [4.78, 5) is 4.51. The van der Waals surface area contributed by atoms with Crippen molar-refractivity contribution in [2.75, 3.05) is 40.8 Å². The number of rotatable bonds is 7.